The Kier molecular flexibility index (Phi) is 5.86. The third-order valence-electron chi connectivity index (χ3n) is 3.64. The minimum atomic E-state index is -3.61. The summed E-state index contributed by atoms with van der Waals surface area (Å²) in [6.07, 6.45) is 0. The van der Waals surface area contributed by atoms with E-state index in [4.69, 9.17) is 0 Å². The molecule has 0 unspecified atom stereocenters. The van der Waals surface area contributed by atoms with Crippen LogP contribution in [-0.2, 0) is 10.0 Å². The number of hydrogen-bond donors (Lipinski definition) is 1. The van der Waals surface area contributed by atoms with Crippen LogP contribution in [0.25, 0.3) is 0 Å². The van der Waals surface area contributed by atoms with Crippen LogP contribution in [0.15, 0.2) is 47.4 Å². The van der Waals surface area contributed by atoms with Crippen molar-refractivity contribution in [3.05, 3.63) is 59.7 Å². The van der Waals surface area contributed by atoms with E-state index in [1.54, 1.807) is 13.8 Å². The molecule has 0 radical (unpaired) electrons. The Hall–Kier alpha value is -2.32. The number of halogens is 2. The van der Waals surface area contributed by atoms with Crippen molar-refractivity contribution in [3.63, 3.8) is 0 Å². The molecule has 134 valence electrons. The quantitative estimate of drug-likeness (QED) is 0.851. The van der Waals surface area contributed by atoms with E-state index in [0.29, 0.717) is 19.2 Å². The highest BCUT2D eigenvalue weighted by atomic mass is 32.2. The Morgan fingerprint density at radius 3 is 2.16 bits per heavy atom. The average Bonchev–Trinajstić information content (AvgIpc) is 2.58. The summed E-state index contributed by atoms with van der Waals surface area (Å²) in [6.45, 7) is 4.15. The minimum absolute atomic E-state index is 0.0701. The van der Waals surface area contributed by atoms with Gasteiger partial charge in [-0.25, -0.2) is 17.2 Å². The molecule has 0 atom stereocenters. The number of anilines is 1. The molecule has 0 aliphatic heterocycles. The van der Waals surface area contributed by atoms with Crippen LogP contribution in [0.1, 0.15) is 24.2 Å². The number of sulfonamides is 1. The van der Waals surface area contributed by atoms with Crippen LogP contribution in [-0.4, -0.2) is 31.7 Å². The molecule has 8 heteroatoms. The molecule has 1 N–H and O–H groups in total. The fourth-order valence-electron chi connectivity index (χ4n) is 2.28. The van der Waals surface area contributed by atoms with E-state index >= 15 is 0 Å². The maximum absolute atomic E-state index is 13.6. The molecule has 0 heterocycles. The van der Waals surface area contributed by atoms with Crippen LogP contribution in [0.2, 0.25) is 0 Å². The third-order valence-corrected chi connectivity index (χ3v) is 5.70. The first kappa shape index (κ1) is 19.0. The molecule has 2 aromatic carbocycles. The Morgan fingerprint density at radius 2 is 1.64 bits per heavy atom. The smallest absolute Gasteiger partial charge is 0.255 e. The molecular formula is C17H18F2N2O3S. The van der Waals surface area contributed by atoms with Crippen LogP contribution in [0.3, 0.4) is 0 Å². The monoisotopic (exact) mass is 368 g/mol. The molecule has 2 aromatic rings. The van der Waals surface area contributed by atoms with Gasteiger partial charge in [0.15, 0.2) is 0 Å². The lowest BCUT2D eigenvalue weighted by Gasteiger charge is -2.18. The second-order valence-corrected chi connectivity index (χ2v) is 7.13. The van der Waals surface area contributed by atoms with Gasteiger partial charge in [-0.3, -0.25) is 4.79 Å². The number of hydrogen-bond acceptors (Lipinski definition) is 3. The first-order valence-electron chi connectivity index (χ1n) is 7.66. The highest BCUT2D eigenvalue weighted by Crippen LogP contribution is 2.19. The van der Waals surface area contributed by atoms with Gasteiger partial charge >= 0.3 is 0 Å². The van der Waals surface area contributed by atoms with Gasteiger partial charge in [-0.1, -0.05) is 13.8 Å². The van der Waals surface area contributed by atoms with Gasteiger partial charge in [-0.15, -0.1) is 0 Å². The van der Waals surface area contributed by atoms with Gasteiger partial charge in [0, 0.05) is 24.7 Å². The maximum atomic E-state index is 13.6. The highest BCUT2D eigenvalue weighted by molar-refractivity contribution is 7.89. The van der Waals surface area contributed by atoms with Crippen molar-refractivity contribution in [1.82, 2.24) is 4.31 Å². The van der Waals surface area contributed by atoms with E-state index in [1.807, 2.05) is 0 Å². The SMILES string of the molecule is CCN(CC)S(=O)(=O)c1ccc(C(=O)Nc2ccc(F)cc2F)cc1. The minimum Gasteiger partial charge on any atom is -0.319 e. The largest absolute Gasteiger partial charge is 0.319 e. The number of carbonyl (C=O) groups excluding carboxylic acids is 1. The van der Waals surface area contributed by atoms with Gasteiger partial charge < -0.3 is 5.32 Å². The molecule has 0 saturated heterocycles. The third kappa shape index (κ3) is 4.21. The summed E-state index contributed by atoms with van der Waals surface area (Å²) in [5.41, 5.74) is -0.00605. The fraction of sp³-hybridized carbons (Fsp3) is 0.235. The molecule has 0 aliphatic carbocycles. The van der Waals surface area contributed by atoms with Crippen molar-refractivity contribution < 1.29 is 22.0 Å². The predicted molar refractivity (Wildman–Crippen MR) is 90.9 cm³/mol. The standard InChI is InChI=1S/C17H18F2N2O3S/c1-3-21(4-2)25(23,24)14-8-5-12(6-9-14)17(22)20-16-10-7-13(18)11-15(16)19/h5-11H,3-4H2,1-2H3,(H,20,22). The molecule has 2 rings (SSSR count). The zero-order valence-electron chi connectivity index (χ0n) is 13.8. The number of amides is 1. The number of nitrogens with zero attached hydrogens (tertiary/aromatic N) is 1. The first-order valence-corrected chi connectivity index (χ1v) is 9.10. The zero-order chi connectivity index (χ0) is 18.6. The van der Waals surface area contributed by atoms with Gasteiger partial charge in [-0.2, -0.15) is 4.31 Å². The summed E-state index contributed by atoms with van der Waals surface area (Å²) in [6, 6.07) is 8.13. The predicted octanol–water partition coefficient (Wildman–Crippen LogP) is 3.25. The molecule has 1 amide bonds. The molecule has 0 aromatic heterocycles. The van der Waals surface area contributed by atoms with E-state index in [1.165, 1.54) is 28.6 Å². The molecule has 0 aliphatic rings. The molecule has 0 spiro atoms. The average molecular weight is 368 g/mol. The van der Waals surface area contributed by atoms with E-state index < -0.39 is 27.6 Å². The fourth-order valence-corrected chi connectivity index (χ4v) is 3.73. The molecule has 0 saturated carbocycles. The van der Waals surface area contributed by atoms with Gasteiger partial charge in [0.1, 0.15) is 11.6 Å². The van der Waals surface area contributed by atoms with Crippen molar-refractivity contribution in [2.45, 2.75) is 18.7 Å². The second-order valence-electron chi connectivity index (χ2n) is 5.19. The molecule has 5 nitrogen and oxygen atoms in total. The summed E-state index contributed by atoms with van der Waals surface area (Å²) < 4.78 is 52.5. The normalized spacial score (nSPS) is 11.6. The van der Waals surface area contributed by atoms with Crippen molar-refractivity contribution in [2.24, 2.45) is 0 Å². The van der Waals surface area contributed by atoms with Crippen LogP contribution >= 0.6 is 0 Å². The Bertz CT molecular complexity index is 864. The van der Waals surface area contributed by atoms with Crippen molar-refractivity contribution in [2.75, 3.05) is 18.4 Å². The summed E-state index contributed by atoms with van der Waals surface area (Å²) >= 11 is 0. The van der Waals surface area contributed by atoms with Gasteiger partial charge in [-0.05, 0) is 36.4 Å². The van der Waals surface area contributed by atoms with Gasteiger partial charge in [0.25, 0.3) is 5.91 Å². The number of rotatable bonds is 6. The van der Waals surface area contributed by atoms with Gasteiger partial charge in [0.05, 0.1) is 10.6 Å². The lowest BCUT2D eigenvalue weighted by molar-refractivity contribution is 0.102. The Morgan fingerprint density at radius 1 is 1.04 bits per heavy atom. The first-order chi connectivity index (χ1) is 11.8. The van der Waals surface area contributed by atoms with E-state index in [-0.39, 0.29) is 16.1 Å². The lowest BCUT2D eigenvalue weighted by atomic mass is 10.2. The van der Waals surface area contributed by atoms with E-state index in [2.05, 4.69) is 5.32 Å². The topological polar surface area (TPSA) is 66.5 Å². The highest BCUT2D eigenvalue weighted by Gasteiger charge is 2.21. The van der Waals surface area contributed by atoms with Gasteiger partial charge in [0.2, 0.25) is 10.0 Å². The Balaban J connectivity index is 2.20. The van der Waals surface area contributed by atoms with Crippen LogP contribution in [0, 0.1) is 11.6 Å². The molecule has 0 fully saturated rings. The number of carbonyl (C=O) groups is 1. The molecular weight excluding hydrogens is 350 g/mol. The number of nitrogens with one attached hydrogen (secondary N) is 1. The lowest BCUT2D eigenvalue weighted by Crippen LogP contribution is -2.30. The molecule has 0 bridgehead atoms. The van der Waals surface area contributed by atoms with E-state index in [9.17, 15) is 22.0 Å². The van der Waals surface area contributed by atoms with Crippen LogP contribution < -0.4 is 5.32 Å². The number of benzene rings is 2. The zero-order valence-corrected chi connectivity index (χ0v) is 14.6. The molecule has 25 heavy (non-hydrogen) atoms. The maximum Gasteiger partial charge on any atom is 0.255 e. The summed E-state index contributed by atoms with van der Waals surface area (Å²) in [5, 5.41) is 2.32. The summed E-state index contributed by atoms with van der Waals surface area (Å²) in [7, 11) is -3.61. The second kappa shape index (κ2) is 7.71. The van der Waals surface area contributed by atoms with Crippen LogP contribution in [0.4, 0.5) is 14.5 Å². The summed E-state index contributed by atoms with van der Waals surface area (Å²) in [5.74, 6) is -2.27. The van der Waals surface area contributed by atoms with Crippen molar-refractivity contribution in [1.29, 1.82) is 0 Å². The Labute approximate surface area is 145 Å². The summed E-state index contributed by atoms with van der Waals surface area (Å²) in [4.78, 5) is 12.2. The van der Waals surface area contributed by atoms with Crippen molar-refractivity contribution >= 4 is 21.6 Å². The van der Waals surface area contributed by atoms with Crippen LogP contribution in [0.5, 0.6) is 0 Å². The van der Waals surface area contributed by atoms with Crippen molar-refractivity contribution in [3.8, 4) is 0 Å². The van der Waals surface area contributed by atoms with E-state index in [0.717, 1.165) is 12.1 Å².